The van der Waals surface area contributed by atoms with E-state index in [0.29, 0.717) is 29.4 Å². The molecule has 1 aliphatic heterocycles. The normalized spacial score (nSPS) is 17.2. The van der Waals surface area contributed by atoms with E-state index >= 15 is 0 Å². The number of halogens is 3. The second-order valence-electron chi connectivity index (χ2n) is 7.60. The van der Waals surface area contributed by atoms with Crippen molar-refractivity contribution in [1.29, 1.82) is 0 Å². The molecule has 1 heterocycles. The van der Waals surface area contributed by atoms with E-state index < -0.39 is 10.8 Å². The van der Waals surface area contributed by atoms with Crippen molar-refractivity contribution in [2.24, 2.45) is 4.99 Å². The van der Waals surface area contributed by atoms with E-state index in [4.69, 9.17) is 11.6 Å². The highest BCUT2D eigenvalue weighted by atomic mass is 127. The highest BCUT2D eigenvalue weighted by Gasteiger charge is 2.22. The number of benzene rings is 1. The SMILES string of the molecule is CN=C(NCCS(=O)C(C)(C)C)N1CCN(Cc2c(F)cccc2Cl)CC1.I. The third-order valence-corrected chi connectivity index (χ3v) is 6.88. The first-order valence-corrected chi connectivity index (χ1v) is 10.9. The zero-order chi connectivity index (χ0) is 20.0. The first kappa shape index (κ1) is 25.6. The maximum atomic E-state index is 14.0. The summed E-state index contributed by atoms with van der Waals surface area (Å²) in [6, 6.07) is 4.80. The molecule has 28 heavy (non-hydrogen) atoms. The molecule has 1 unspecified atom stereocenters. The van der Waals surface area contributed by atoms with Crippen LogP contribution in [0, 0.1) is 5.82 Å². The third kappa shape index (κ3) is 7.42. The van der Waals surface area contributed by atoms with Gasteiger partial charge in [-0.25, -0.2) is 4.39 Å². The molecule has 0 amide bonds. The lowest BCUT2D eigenvalue weighted by atomic mass is 10.2. The van der Waals surface area contributed by atoms with Crippen molar-refractivity contribution in [3.63, 3.8) is 0 Å². The van der Waals surface area contributed by atoms with Gasteiger partial charge in [-0.1, -0.05) is 17.7 Å². The lowest BCUT2D eigenvalue weighted by Crippen LogP contribution is -2.52. The highest BCUT2D eigenvalue weighted by Crippen LogP contribution is 2.21. The van der Waals surface area contributed by atoms with Crippen molar-refractivity contribution in [1.82, 2.24) is 15.1 Å². The van der Waals surface area contributed by atoms with Crippen LogP contribution in [-0.4, -0.2) is 70.2 Å². The number of hydrogen-bond acceptors (Lipinski definition) is 3. The largest absolute Gasteiger partial charge is 0.355 e. The van der Waals surface area contributed by atoms with E-state index in [1.54, 1.807) is 19.2 Å². The predicted octanol–water partition coefficient (Wildman–Crippen LogP) is 3.34. The molecule has 0 spiro atoms. The van der Waals surface area contributed by atoms with Gasteiger partial charge in [-0.2, -0.15) is 0 Å². The van der Waals surface area contributed by atoms with Gasteiger partial charge < -0.3 is 10.2 Å². The van der Waals surface area contributed by atoms with Gasteiger partial charge in [0.1, 0.15) is 5.82 Å². The Morgan fingerprint density at radius 3 is 2.46 bits per heavy atom. The summed E-state index contributed by atoms with van der Waals surface area (Å²) < 4.78 is 25.9. The van der Waals surface area contributed by atoms with Crippen LogP contribution in [0.25, 0.3) is 0 Å². The van der Waals surface area contributed by atoms with Crippen LogP contribution in [0.3, 0.4) is 0 Å². The summed E-state index contributed by atoms with van der Waals surface area (Å²) >= 11 is 6.13. The van der Waals surface area contributed by atoms with Gasteiger partial charge in [0.25, 0.3) is 0 Å². The summed E-state index contributed by atoms with van der Waals surface area (Å²) in [4.78, 5) is 8.72. The highest BCUT2D eigenvalue weighted by molar-refractivity contribution is 14.0. The van der Waals surface area contributed by atoms with Crippen molar-refractivity contribution in [3.8, 4) is 0 Å². The maximum absolute atomic E-state index is 14.0. The summed E-state index contributed by atoms with van der Waals surface area (Å²) in [6.45, 7) is 10.3. The van der Waals surface area contributed by atoms with Crippen LogP contribution in [0.5, 0.6) is 0 Å². The molecule has 0 aromatic heterocycles. The van der Waals surface area contributed by atoms with E-state index in [-0.39, 0.29) is 34.5 Å². The summed E-state index contributed by atoms with van der Waals surface area (Å²) in [6.07, 6.45) is 0. The lowest BCUT2D eigenvalue weighted by Gasteiger charge is -2.36. The topological polar surface area (TPSA) is 47.9 Å². The average Bonchev–Trinajstić information content (AvgIpc) is 2.62. The number of nitrogens with zero attached hydrogens (tertiary/aromatic N) is 3. The predicted molar refractivity (Wildman–Crippen MR) is 128 cm³/mol. The zero-order valence-corrected chi connectivity index (χ0v) is 20.9. The van der Waals surface area contributed by atoms with Crippen LogP contribution in [0.1, 0.15) is 26.3 Å². The molecule has 2 rings (SSSR count). The monoisotopic (exact) mass is 544 g/mol. The Morgan fingerprint density at radius 2 is 1.93 bits per heavy atom. The maximum Gasteiger partial charge on any atom is 0.193 e. The Bertz CT molecular complexity index is 671. The minimum atomic E-state index is -0.886. The second kappa shape index (κ2) is 11.7. The minimum absolute atomic E-state index is 0. The lowest BCUT2D eigenvalue weighted by molar-refractivity contribution is 0.171. The van der Waals surface area contributed by atoms with Crippen LogP contribution >= 0.6 is 35.6 Å². The van der Waals surface area contributed by atoms with Crippen molar-refractivity contribution >= 4 is 52.3 Å². The molecule has 1 aliphatic rings. The molecular formula is C19H31ClFIN4OS. The quantitative estimate of drug-likeness (QED) is 0.351. The number of aliphatic imine (C=N–C) groups is 1. The van der Waals surface area contributed by atoms with Crippen molar-refractivity contribution in [2.75, 3.05) is 45.5 Å². The van der Waals surface area contributed by atoms with Crippen LogP contribution < -0.4 is 5.32 Å². The van der Waals surface area contributed by atoms with E-state index in [1.165, 1.54) is 6.07 Å². The fourth-order valence-corrected chi connectivity index (χ4v) is 4.04. The Morgan fingerprint density at radius 1 is 1.29 bits per heavy atom. The molecule has 1 aromatic carbocycles. The minimum Gasteiger partial charge on any atom is -0.355 e. The summed E-state index contributed by atoms with van der Waals surface area (Å²) in [5.41, 5.74) is 0.555. The molecule has 0 aliphatic carbocycles. The van der Waals surface area contributed by atoms with Gasteiger partial charge in [0, 0.05) is 78.2 Å². The molecule has 1 atom stereocenters. The Hall–Kier alpha value is -0.450. The van der Waals surface area contributed by atoms with Crippen molar-refractivity contribution < 1.29 is 8.60 Å². The van der Waals surface area contributed by atoms with Gasteiger partial charge in [0.05, 0.1) is 0 Å². The number of hydrogen-bond donors (Lipinski definition) is 1. The van der Waals surface area contributed by atoms with Gasteiger partial charge >= 0.3 is 0 Å². The van der Waals surface area contributed by atoms with E-state index in [1.807, 2.05) is 20.8 Å². The third-order valence-electron chi connectivity index (χ3n) is 4.58. The van der Waals surface area contributed by atoms with E-state index in [2.05, 4.69) is 20.1 Å². The molecule has 160 valence electrons. The number of guanidine groups is 1. The summed E-state index contributed by atoms with van der Waals surface area (Å²) in [7, 11) is 0.873. The fourth-order valence-electron chi connectivity index (χ4n) is 2.92. The molecule has 0 radical (unpaired) electrons. The molecule has 1 saturated heterocycles. The second-order valence-corrected chi connectivity index (χ2v) is 10.3. The van der Waals surface area contributed by atoms with Gasteiger partial charge in [0.2, 0.25) is 0 Å². The van der Waals surface area contributed by atoms with Gasteiger partial charge in [-0.05, 0) is 32.9 Å². The van der Waals surface area contributed by atoms with Crippen molar-refractivity contribution in [2.45, 2.75) is 32.1 Å². The molecule has 0 bridgehead atoms. The molecule has 5 nitrogen and oxygen atoms in total. The van der Waals surface area contributed by atoms with Crippen LogP contribution in [0.2, 0.25) is 5.02 Å². The first-order valence-electron chi connectivity index (χ1n) is 9.21. The van der Waals surface area contributed by atoms with Gasteiger partial charge in [-0.15, -0.1) is 24.0 Å². The summed E-state index contributed by atoms with van der Waals surface area (Å²) in [5.74, 6) is 1.16. The first-order chi connectivity index (χ1) is 12.7. The van der Waals surface area contributed by atoms with Gasteiger partial charge in [0.15, 0.2) is 5.96 Å². The van der Waals surface area contributed by atoms with Crippen molar-refractivity contribution in [3.05, 3.63) is 34.6 Å². The average molecular weight is 545 g/mol. The number of nitrogens with one attached hydrogen (secondary N) is 1. The molecule has 1 fully saturated rings. The molecular weight excluding hydrogens is 514 g/mol. The zero-order valence-electron chi connectivity index (χ0n) is 17.0. The smallest absolute Gasteiger partial charge is 0.193 e. The standard InChI is InChI=1S/C19H30ClFN4OS.HI/c1-19(2,3)27(26)13-8-23-18(22-4)25-11-9-24(10-12-25)14-15-16(20)6-5-7-17(15)21;/h5-7H,8-14H2,1-4H3,(H,22,23);1H. The summed E-state index contributed by atoms with van der Waals surface area (Å²) in [5, 5.41) is 3.78. The van der Waals surface area contributed by atoms with Gasteiger partial charge in [-0.3, -0.25) is 14.1 Å². The molecule has 0 saturated carbocycles. The number of piperazine rings is 1. The molecule has 1 aromatic rings. The molecule has 1 N–H and O–H groups in total. The fraction of sp³-hybridized carbons (Fsp3) is 0.632. The van der Waals surface area contributed by atoms with Crippen LogP contribution in [-0.2, 0) is 17.3 Å². The number of rotatable bonds is 5. The van der Waals surface area contributed by atoms with E-state index in [9.17, 15) is 8.60 Å². The van der Waals surface area contributed by atoms with Crippen LogP contribution in [0.15, 0.2) is 23.2 Å². The molecule has 9 heteroatoms. The Kier molecular flexibility index (Phi) is 10.7. The Balaban J connectivity index is 0.00000392. The Labute approximate surface area is 192 Å². The van der Waals surface area contributed by atoms with E-state index in [0.717, 1.165) is 32.1 Å². The van der Waals surface area contributed by atoms with Crippen LogP contribution in [0.4, 0.5) is 4.39 Å².